The average molecular weight is 262 g/mol. The molecule has 3 heteroatoms. The fraction of sp³-hybridized carbons (Fsp3) is 0.562. The fourth-order valence-corrected chi connectivity index (χ4v) is 2.52. The number of urea groups is 1. The van der Waals surface area contributed by atoms with Crippen LogP contribution in [-0.4, -0.2) is 6.03 Å². The Bertz CT molecular complexity index is 415. The number of anilines is 1. The van der Waals surface area contributed by atoms with Gasteiger partial charge in [0.2, 0.25) is 0 Å². The quantitative estimate of drug-likeness (QED) is 0.695. The van der Waals surface area contributed by atoms with Gasteiger partial charge in [-0.15, -0.1) is 0 Å². The van der Waals surface area contributed by atoms with Crippen LogP contribution in [0.15, 0.2) is 18.2 Å². The van der Waals surface area contributed by atoms with Crippen LogP contribution in [0.2, 0.25) is 0 Å². The first-order valence-corrected chi connectivity index (χ1v) is 7.25. The van der Waals surface area contributed by atoms with Crippen molar-refractivity contribution in [2.24, 2.45) is 5.73 Å². The van der Waals surface area contributed by atoms with Gasteiger partial charge < -0.3 is 11.1 Å². The molecule has 0 heterocycles. The molecular formula is C16H26N2O. The van der Waals surface area contributed by atoms with Gasteiger partial charge in [-0.3, -0.25) is 0 Å². The van der Waals surface area contributed by atoms with Crippen LogP contribution in [0.3, 0.4) is 0 Å². The van der Waals surface area contributed by atoms with Crippen molar-refractivity contribution in [3.63, 3.8) is 0 Å². The van der Waals surface area contributed by atoms with E-state index in [4.69, 9.17) is 5.73 Å². The van der Waals surface area contributed by atoms with E-state index in [1.54, 1.807) is 0 Å². The minimum atomic E-state index is -0.506. The number of nitrogens with two attached hydrogens (primary N) is 1. The lowest BCUT2D eigenvalue weighted by Crippen LogP contribution is -2.19. The van der Waals surface area contributed by atoms with Gasteiger partial charge in [-0.1, -0.05) is 39.2 Å². The van der Waals surface area contributed by atoms with E-state index in [-0.39, 0.29) is 0 Å². The second-order valence-electron chi connectivity index (χ2n) is 5.16. The zero-order valence-corrected chi connectivity index (χ0v) is 12.3. The molecular weight excluding hydrogens is 236 g/mol. The Morgan fingerprint density at radius 3 is 2.63 bits per heavy atom. The van der Waals surface area contributed by atoms with Gasteiger partial charge in [0, 0.05) is 5.69 Å². The monoisotopic (exact) mass is 262 g/mol. The molecule has 0 bridgehead atoms. The van der Waals surface area contributed by atoms with E-state index in [0.717, 1.165) is 12.1 Å². The highest BCUT2D eigenvalue weighted by Crippen LogP contribution is 2.30. The largest absolute Gasteiger partial charge is 0.351 e. The molecule has 1 rings (SSSR count). The Morgan fingerprint density at radius 2 is 2.05 bits per heavy atom. The molecule has 1 atom stereocenters. The molecule has 0 aliphatic rings. The van der Waals surface area contributed by atoms with E-state index in [1.807, 2.05) is 6.07 Å². The normalized spacial score (nSPS) is 12.2. The van der Waals surface area contributed by atoms with Gasteiger partial charge in [-0.05, 0) is 48.9 Å². The van der Waals surface area contributed by atoms with Gasteiger partial charge in [0.15, 0.2) is 0 Å². The lowest BCUT2D eigenvalue weighted by molar-refractivity contribution is 0.259. The first kappa shape index (κ1) is 15.5. The zero-order chi connectivity index (χ0) is 14.3. The van der Waals surface area contributed by atoms with E-state index < -0.39 is 6.03 Å². The van der Waals surface area contributed by atoms with Gasteiger partial charge in [-0.2, -0.15) is 0 Å². The van der Waals surface area contributed by atoms with Crippen molar-refractivity contribution in [1.29, 1.82) is 0 Å². The second-order valence-corrected chi connectivity index (χ2v) is 5.16. The summed E-state index contributed by atoms with van der Waals surface area (Å²) in [5.74, 6) is 0.571. The van der Waals surface area contributed by atoms with Gasteiger partial charge in [0.1, 0.15) is 0 Å². The third kappa shape index (κ3) is 4.93. The van der Waals surface area contributed by atoms with Crippen LogP contribution in [0.4, 0.5) is 10.5 Å². The Balaban J connectivity index is 2.85. The van der Waals surface area contributed by atoms with Crippen molar-refractivity contribution in [2.75, 3.05) is 5.32 Å². The third-order valence-electron chi connectivity index (χ3n) is 3.64. The zero-order valence-electron chi connectivity index (χ0n) is 12.3. The lowest BCUT2D eigenvalue weighted by atomic mass is 9.88. The summed E-state index contributed by atoms with van der Waals surface area (Å²) in [5, 5.41) is 2.66. The van der Waals surface area contributed by atoms with Crippen molar-refractivity contribution in [3.05, 3.63) is 29.3 Å². The molecule has 0 saturated heterocycles. The van der Waals surface area contributed by atoms with Crippen molar-refractivity contribution in [3.8, 4) is 0 Å². The predicted octanol–water partition coefficient (Wildman–Crippen LogP) is 4.56. The summed E-state index contributed by atoms with van der Waals surface area (Å²) in [5.41, 5.74) is 8.59. The number of hydrogen-bond donors (Lipinski definition) is 2. The highest BCUT2D eigenvalue weighted by molar-refractivity contribution is 5.87. The maximum atomic E-state index is 10.9. The number of primary amides is 1. The van der Waals surface area contributed by atoms with Crippen molar-refractivity contribution < 1.29 is 4.79 Å². The molecule has 0 spiro atoms. The molecule has 1 aromatic carbocycles. The second kappa shape index (κ2) is 7.82. The molecule has 0 fully saturated rings. The summed E-state index contributed by atoms with van der Waals surface area (Å²) in [6.45, 7) is 6.58. The van der Waals surface area contributed by atoms with Gasteiger partial charge >= 0.3 is 6.03 Å². The smallest absolute Gasteiger partial charge is 0.316 e. The van der Waals surface area contributed by atoms with E-state index in [2.05, 4.69) is 38.2 Å². The number of carbonyl (C=O) groups is 1. The van der Waals surface area contributed by atoms with Crippen LogP contribution in [0.5, 0.6) is 0 Å². The number of aryl methyl sites for hydroxylation is 1. The number of carbonyl (C=O) groups excluding carboxylic acids is 1. The maximum Gasteiger partial charge on any atom is 0.316 e. The Morgan fingerprint density at radius 1 is 1.32 bits per heavy atom. The van der Waals surface area contributed by atoms with Gasteiger partial charge in [0.05, 0.1) is 0 Å². The molecule has 0 aliphatic carbocycles. The topological polar surface area (TPSA) is 55.1 Å². The summed E-state index contributed by atoms with van der Waals surface area (Å²) in [4.78, 5) is 10.9. The first-order valence-electron chi connectivity index (χ1n) is 7.25. The number of benzene rings is 1. The number of rotatable bonds is 7. The molecule has 3 nitrogen and oxygen atoms in total. The molecule has 3 N–H and O–H groups in total. The van der Waals surface area contributed by atoms with Gasteiger partial charge in [-0.25, -0.2) is 4.79 Å². The summed E-state index contributed by atoms with van der Waals surface area (Å²) in [6.07, 6.45) is 6.14. The van der Waals surface area contributed by atoms with Crippen molar-refractivity contribution >= 4 is 11.7 Å². The summed E-state index contributed by atoms with van der Waals surface area (Å²) < 4.78 is 0. The van der Waals surface area contributed by atoms with Crippen molar-refractivity contribution in [1.82, 2.24) is 0 Å². The third-order valence-corrected chi connectivity index (χ3v) is 3.64. The van der Waals surface area contributed by atoms with E-state index in [1.165, 1.54) is 36.8 Å². The highest BCUT2D eigenvalue weighted by Gasteiger charge is 2.12. The Kier molecular flexibility index (Phi) is 6.40. The standard InChI is InChI=1S/C16H26N2O/c1-4-6-7-8-13(5-2)15-11-14(18-16(17)19)10-9-12(15)3/h9-11,13H,4-8H2,1-3H3,(H3,17,18,19). The maximum absolute atomic E-state index is 10.9. The Hall–Kier alpha value is -1.51. The van der Waals surface area contributed by atoms with E-state index in [0.29, 0.717) is 5.92 Å². The molecule has 2 amide bonds. The number of hydrogen-bond acceptors (Lipinski definition) is 1. The fourth-order valence-electron chi connectivity index (χ4n) is 2.52. The lowest BCUT2D eigenvalue weighted by Gasteiger charge is -2.19. The minimum absolute atomic E-state index is 0.506. The highest BCUT2D eigenvalue weighted by atomic mass is 16.2. The number of nitrogens with one attached hydrogen (secondary N) is 1. The number of amides is 2. The van der Waals surface area contributed by atoms with E-state index in [9.17, 15) is 4.79 Å². The summed E-state index contributed by atoms with van der Waals surface area (Å²) >= 11 is 0. The summed E-state index contributed by atoms with van der Waals surface area (Å²) in [7, 11) is 0. The molecule has 106 valence electrons. The molecule has 1 unspecified atom stereocenters. The SMILES string of the molecule is CCCCCC(CC)c1cc(NC(N)=O)ccc1C. The summed E-state index contributed by atoms with van der Waals surface area (Å²) in [6, 6.07) is 5.53. The van der Waals surface area contributed by atoms with Crippen LogP contribution >= 0.6 is 0 Å². The van der Waals surface area contributed by atoms with Gasteiger partial charge in [0.25, 0.3) is 0 Å². The molecule has 0 aromatic heterocycles. The van der Waals surface area contributed by atoms with E-state index >= 15 is 0 Å². The van der Waals surface area contributed by atoms with Crippen LogP contribution < -0.4 is 11.1 Å². The van der Waals surface area contributed by atoms with Crippen LogP contribution in [0, 0.1) is 6.92 Å². The Labute approximate surface area is 116 Å². The molecule has 0 saturated carbocycles. The van der Waals surface area contributed by atoms with Crippen LogP contribution in [0.1, 0.15) is 63.0 Å². The molecule has 0 aliphatic heterocycles. The predicted molar refractivity (Wildman–Crippen MR) is 81.6 cm³/mol. The number of unbranched alkanes of at least 4 members (excludes halogenated alkanes) is 2. The molecule has 1 aromatic rings. The minimum Gasteiger partial charge on any atom is -0.351 e. The molecule has 0 radical (unpaired) electrons. The molecule has 19 heavy (non-hydrogen) atoms. The van der Waals surface area contributed by atoms with Crippen LogP contribution in [0.25, 0.3) is 0 Å². The van der Waals surface area contributed by atoms with Crippen molar-refractivity contribution in [2.45, 2.75) is 58.8 Å². The first-order chi connectivity index (χ1) is 9.08. The van der Waals surface area contributed by atoms with Crippen LogP contribution in [-0.2, 0) is 0 Å². The average Bonchev–Trinajstić information content (AvgIpc) is 2.37.